The van der Waals surface area contributed by atoms with Crippen molar-refractivity contribution in [3.05, 3.63) is 47.8 Å². The summed E-state index contributed by atoms with van der Waals surface area (Å²) < 4.78 is 38.5. The minimum absolute atomic E-state index is 0.216. The molecule has 2 N–H and O–H groups in total. The standard InChI is InChI=1S/C15H16F3N3/c1-3-21(12-7-5-4-6-10(12)2)13-8-14(15(16,17)18)20-9-11(13)19/h4-9H,3,19H2,1-2H3. The molecule has 0 aliphatic heterocycles. The van der Waals surface area contributed by atoms with Crippen molar-refractivity contribution in [2.75, 3.05) is 17.2 Å². The number of nitrogens with two attached hydrogens (primary N) is 1. The van der Waals surface area contributed by atoms with Crippen LogP contribution in [-0.4, -0.2) is 11.5 Å². The Morgan fingerprint density at radius 2 is 1.86 bits per heavy atom. The van der Waals surface area contributed by atoms with Gasteiger partial charge in [0, 0.05) is 12.2 Å². The molecule has 0 aliphatic rings. The Kier molecular flexibility index (Phi) is 4.06. The molecule has 3 nitrogen and oxygen atoms in total. The number of hydrogen-bond donors (Lipinski definition) is 1. The first kappa shape index (κ1) is 15.2. The fourth-order valence-electron chi connectivity index (χ4n) is 2.18. The van der Waals surface area contributed by atoms with Crippen molar-refractivity contribution in [3.8, 4) is 0 Å². The zero-order valence-corrected chi connectivity index (χ0v) is 11.8. The molecule has 0 saturated heterocycles. The van der Waals surface area contributed by atoms with Crippen LogP contribution in [0, 0.1) is 6.92 Å². The molecule has 1 aromatic carbocycles. The molecule has 0 fully saturated rings. The van der Waals surface area contributed by atoms with Crippen LogP contribution in [0.5, 0.6) is 0 Å². The van der Waals surface area contributed by atoms with Gasteiger partial charge < -0.3 is 10.6 Å². The minimum atomic E-state index is -4.49. The Hall–Kier alpha value is -2.24. The van der Waals surface area contributed by atoms with Crippen molar-refractivity contribution < 1.29 is 13.2 Å². The lowest BCUT2D eigenvalue weighted by Gasteiger charge is -2.26. The van der Waals surface area contributed by atoms with E-state index in [1.165, 1.54) is 0 Å². The van der Waals surface area contributed by atoms with E-state index in [1.807, 2.05) is 38.1 Å². The summed E-state index contributed by atoms with van der Waals surface area (Å²) in [4.78, 5) is 5.12. The molecule has 0 amide bonds. The van der Waals surface area contributed by atoms with Crippen LogP contribution >= 0.6 is 0 Å². The molecule has 112 valence electrons. The van der Waals surface area contributed by atoms with Gasteiger partial charge in [0.15, 0.2) is 0 Å². The number of hydrogen-bond acceptors (Lipinski definition) is 3. The third kappa shape index (κ3) is 3.09. The van der Waals surface area contributed by atoms with Gasteiger partial charge in [-0.3, -0.25) is 0 Å². The van der Waals surface area contributed by atoms with Crippen LogP contribution < -0.4 is 10.6 Å². The monoisotopic (exact) mass is 295 g/mol. The van der Waals surface area contributed by atoms with Gasteiger partial charge in [-0.15, -0.1) is 0 Å². The summed E-state index contributed by atoms with van der Waals surface area (Å²) in [6.07, 6.45) is -3.44. The highest BCUT2D eigenvalue weighted by Gasteiger charge is 2.33. The lowest BCUT2D eigenvalue weighted by molar-refractivity contribution is -0.141. The van der Waals surface area contributed by atoms with E-state index in [4.69, 9.17) is 5.73 Å². The predicted molar refractivity (Wildman–Crippen MR) is 77.5 cm³/mol. The van der Waals surface area contributed by atoms with E-state index in [-0.39, 0.29) is 5.69 Å². The number of nitrogens with zero attached hydrogens (tertiary/aromatic N) is 2. The lowest BCUT2D eigenvalue weighted by atomic mass is 10.1. The van der Waals surface area contributed by atoms with Gasteiger partial charge in [0.2, 0.25) is 0 Å². The van der Waals surface area contributed by atoms with Crippen molar-refractivity contribution in [2.24, 2.45) is 0 Å². The number of para-hydroxylation sites is 1. The van der Waals surface area contributed by atoms with Crippen LogP contribution in [-0.2, 0) is 6.18 Å². The molecule has 0 radical (unpaired) electrons. The average Bonchev–Trinajstić information content (AvgIpc) is 2.42. The molecule has 0 bridgehead atoms. The Morgan fingerprint density at radius 1 is 1.19 bits per heavy atom. The molecule has 2 aromatic rings. The van der Waals surface area contributed by atoms with Gasteiger partial charge >= 0.3 is 6.18 Å². The van der Waals surface area contributed by atoms with Gasteiger partial charge in [-0.05, 0) is 31.5 Å². The maximum absolute atomic E-state index is 12.8. The molecule has 21 heavy (non-hydrogen) atoms. The minimum Gasteiger partial charge on any atom is -0.396 e. The zero-order chi connectivity index (χ0) is 15.6. The SMILES string of the molecule is CCN(c1ccccc1C)c1cc(C(F)(F)F)ncc1N. The number of benzene rings is 1. The molecule has 1 heterocycles. The van der Waals surface area contributed by atoms with E-state index in [0.717, 1.165) is 23.5 Å². The highest BCUT2D eigenvalue weighted by molar-refractivity contribution is 5.76. The lowest BCUT2D eigenvalue weighted by Crippen LogP contribution is -2.20. The Labute approximate surface area is 121 Å². The highest BCUT2D eigenvalue weighted by atomic mass is 19.4. The number of aryl methyl sites for hydroxylation is 1. The summed E-state index contributed by atoms with van der Waals surface area (Å²) in [5.41, 5.74) is 7.20. The summed E-state index contributed by atoms with van der Waals surface area (Å²) in [5, 5.41) is 0. The molecule has 0 saturated carbocycles. The number of anilines is 3. The quantitative estimate of drug-likeness (QED) is 0.925. The van der Waals surface area contributed by atoms with Crippen molar-refractivity contribution >= 4 is 17.1 Å². The van der Waals surface area contributed by atoms with Crippen LogP contribution in [0.25, 0.3) is 0 Å². The second kappa shape index (κ2) is 5.63. The molecule has 0 aliphatic carbocycles. The third-order valence-corrected chi connectivity index (χ3v) is 3.22. The normalized spacial score (nSPS) is 11.5. The number of aromatic nitrogens is 1. The molecule has 6 heteroatoms. The third-order valence-electron chi connectivity index (χ3n) is 3.22. The van der Waals surface area contributed by atoms with E-state index in [2.05, 4.69) is 4.98 Å². The van der Waals surface area contributed by atoms with Crippen LogP contribution in [0.2, 0.25) is 0 Å². The topological polar surface area (TPSA) is 42.2 Å². The first-order valence-electron chi connectivity index (χ1n) is 6.50. The van der Waals surface area contributed by atoms with Crippen LogP contribution in [0.1, 0.15) is 18.2 Å². The Bertz CT molecular complexity index is 638. The van der Waals surface area contributed by atoms with E-state index in [0.29, 0.717) is 12.2 Å². The second-order valence-corrected chi connectivity index (χ2v) is 4.66. The number of nitrogen functional groups attached to an aromatic ring is 1. The number of halogens is 3. The average molecular weight is 295 g/mol. The van der Waals surface area contributed by atoms with Gasteiger partial charge in [0.05, 0.1) is 17.6 Å². The van der Waals surface area contributed by atoms with Gasteiger partial charge in [-0.25, -0.2) is 4.98 Å². The fourth-order valence-corrected chi connectivity index (χ4v) is 2.18. The molecular formula is C15H16F3N3. The number of rotatable bonds is 3. The molecule has 0 atom stereocenters. The van der Waals surface area contributed by atoms with Crippen LogP contribution in [0.4, 0.5) is 30.2 Å². The summed E-state index contributed by atoms with van der Waals surface area (Å²) >= 11 is 0. The van der Waals surface area contributed by atoms with Gasteiger partial charge in [-0.1, -0.05) is 18.2 Å². The molecule has 0 unspecified atom stereocenters. The molecule has 2 rings (SSSR count). The number of alkyl halides is 3. The van der Waals surface area contributed by atoms with Crippen LogP contribution in [0.3, 0.4) is 0 Å². The smallest absolute Gasteiger partial charge is 0.396 e. The summed E-state index contributed by atoms with van der Waals surface area (Å²) in [6, 6.07) is 8.47. The molecule has 1 aromatic heterocycles. The zero-order valence-electron chi connectivity index (χ0n) is 11.8. The second-order valence-electron chi connectivity index (χ2n) is 4.66. The maximum Gasteiger partial charge on any atom is 0.433 e. The first-order valence-corrected chi connectivity index (χ1v) is 6.50. The van der Waals surface area contributed by atoms with Crippen molar-refractivity contribution in [2.45, 2.75) is 20.0 Å². The fraction of sp³-hybridized carbons (Fsp3) is 0.267. The van der Waals surface area contributed by atoms with Gasteiger partial charge in [0.25, 0.3) is 0 Å². The summed E-state index contributed by atoms with van der Waals surface area (Å²) in [7, 11) is 0. The molecule has 0 spiro atoms. The van der Waals surface area contributed by atoms with E-state index < -0.39 is 11.9 Å². The van der Waals surface area contributed by atoms with Crippen molar-refractivity contribution in [3.63, 3.8) is 0 Å². The van der Waals surface area contributed by atoms with E-state index >= 15 is 0 Å². The van der Waals surface area contributed by atoms with Gasteiger partial charge in [0.1, 0.15) is 5.69 Å². The number of pyridine rings is 1. The van der Waals surface area contributed by atoms with Crippen molar-refractivity contribution in [1.82, 2.24) is 4.98 Å². The maximum atomic E-state index is 12.8. The van der Waals surface area contributed by atoms with Crippen LogP contribution in [0.15, 0.2) is 36.5 Å². The predicted octanol–water partition coefficient (Wildman–Crippen LogP) is 4.15. The van der Waals surface area contributed by atoms with E-state index in [9.17, 15) is 13.2 Å². The largest absolute Gasteiger partial charge is 0.433 e. The Balaban J connectivity index is 2.55. The highest BCUT2D eigenvalue weighted by Crippen LogP contribution is 2.36. The molecular weight excluding hydrogens is 279 g/mol. The Morgan fingerprint density at radius 3 is 2.43 bits per heavy atom. The van der Waals surface area contributed by atoms with E-state index in [1.54, 1.807) is 4.90 Å². The van der Waals surface area contributed by atoms with Crippen molar-refractivity contribution in [1.29, 1.82) is 0 Å². The summed E-state index contributed by atoms with van der Waals surface area (Å²) in [5.74, 6) is 0. The van der Waals surface area contributed by atoms with Gasteiger partial charge in [-0.2, -0.15) is 13.2 Å². The summed E-state index contributed by atoms with van der Waals surface area (Å²) in [6.45, 7) is 4.26. The first-order chi connectivity index (χ1) is 9.84.